The number of carbonyl (C=O) groups excluding carboxylic acids is 1. The molecule has 0 atom stereocenters. The van der Waals surface area contributed by atoms with Gasteiger partial charge < -0.3 is 5.32 Å². The van der Waals surface area contributed by atoms with Gasteiger partial charge in [0.15, 0.2) is 0 Å². The fourth-order valence-electron chi connectivity index (χ4n) is 2.77. The normalized spacial score (nSPS) is 11.2. The van der Waals surface area contributed by atoms with Gasteiger partial charge in [-0.3, -0.25) is 9.10 Å². The summed E-state index contributed by atoms with van der Waals surface area (Å²) in [6, 6.07) is 15.6. The molecule has 0 aromatic heterocycles. The summed E-state index contributed by atoms with van der Waals surface area (Å²) in [6.45, 7) is 3.10. The van der Waals surface area contributed by atoms with E-state index in [-0.39, 0.29) is 16.3 Å². The second-order valence-electron chi connectivity index (χ2n) is 6.83. The van der Waals surface area contributed by atoms with Gasteiger partial charge >= 0.3 is 0 Å². The van der Waals surface area contributed by atoms with E-state index in [9.17, 15) is 22.0 Å². The maximum absolute atomic E-state index is 13.9. The molecule has 30 heavy (non-hydrogen) atoms. The number of aryl methyl sites for hydroxylation is 2. The van der Waals surface area contributed by atoms with E-state index in [2.05, 4.69) is 5.32 Å². The van der Waals surface area contributed by atoms with Crippen LogP contribution >= 0.6 is 0 Å². The molecule has 0 aliphatic carbocycles. The SMILES string of the molecule is Cc1ccc(N(CC(=O)Nc2ccc(F)cc2F)S(=O)(=O)c2ccc(C)cc2)cc1. The van der Waals surface area contributed by atoms with Crippen LogP contribution in [0.2, 0.25) is 0 Å². The van der Waals surface area contributed by atoms with Gasteiger partial charge in [0.1, 0.15) is 18.2 Å². The van der Waals surface area contributed by atoms with E-state index in [1.54, 1.807) is 36.4 Å². The standard InChI is InChI=1S/C22H20F2N2O3S/c1-15-3-8-18(9-4-15)26(30(28,29)19-10-5-16(2)6-11-19)14-22(27)25-21-12-7-17(23)13-20(21)24/h3-13H,14H2,1-2H3,(H,25,27). The van der Waals surface area contributed by atoms with Crippen LogP contribution in [0, 0.1) is 25.5 Å². The quantitative estimate of drug-likeness (QED) is 0.630. The lowest BCUT2D eigenvalue weighted by atomic mass is 10.2. The number of hydrogen-bond donors (Lipinski definition) is 1. The zero-order valence-electron chi connectivity index (χ0n) is 16.4. The molecule has 0 saturated carbocycles. The molecule has 3 aromatic rings. The Morgan fingerprint density at radius 1 is 0.900 bits per heavy atom. The highest BCUT2D eigenvalue weighted by Gasteiger charge is 2.27. The van der Waals surface area contributed by atoms with Crippen LogP contribution in [0.15, 0.2) is 71.6 Å². The molecule has 1 amide bonds. The molecule has 0 saturated heterocycles. The smallest absolute Gasteiger partial charge is 0.264 e. The topological polar surface area (TPSA) is 66.5 Å². The number of carbonyl (C=O) groups is 1. The first-order chi connectivity index (χ1) is 14.2. The summed E-state index contributed by atoms with van der Waals surface area (Å²) in [4.78, 5) is 12.6. The molecule has 0 fully saturated rings. The maximum atomic E-state index is 13.9. The molecule has 0 heterocycles. The summed E-state index contributed by atoms with van der Waals surface area (Å²) in [5, 5.41) is 2.29. The maximum Gasteiger partial charge on any atom is 0.264 e. The summed E-state index contributed by atoms with van der Waals surface area (Å²) in [7, 11) is -4.07. The number of nitrogens with one attached hydrogen (secondary N) is 1. The second-order valence-corrected chi connectivity index (χ2v) is 8.69. The first-order valence-corrected chi connectivity index (χ1v) is 10.5. The van der Waals surface area contributed by atoms with E-state index in [1.165, 1.54) is 12.1 Å². The van der Waals surface area contributed by atoms with Crippen molar-refractivity contribution in [3.63, 3.8) is 0 Å². The van der Waals surface area contributed by atoms with Gasteiger partial charge in [-0.15, -0.1) is 0 Å². The lowest BCUT2D eigenvalue weighted by Gasteiger charge is -2.24. The first-order valence-electron chi connectivity index (χ1n) is 9.08. The average Bonchev–Trinajstić information content (AvgIpc) is 2.69. The van der Waals surface area contributed by atoms with Crippen LogP contribution in [0.25, 0.3) is 0 Å². The molecule has 3 aromatic carbocycles. The van der Waals surface area contributed by atoms with Gasteiger partial charge in [0.25, 0.3) is 10.0 Å². The van der Waals surface area contributed by atoms with Crippen molar-refractivity contribution < 1.29 is 22.0 Å². The number of rotatable bonds is 6. The number of benzene rings is 3. The van der Waals surface area contributed by atoms with E-state index < -0.39 is 34.1 Å². The van der Waals surface area contributed by atoms with Crippen LogP contribution in [0.3, 0.4) is 0 Å². The van der Waals surface area contributed by atoms with Crippen LogP contribution in [-0.4, -0.2) is 20.9 Å². The zero-order chi connectivity index (χ0) is 21.9. The first kappa shape index (κ1) is 21.4. The van der Waals surface area contributed by atoms with Gasteiger partial charge in [0, 0.05) is 6.07 Å². The lowest BCUT2D eigenvalue weighted by Crippen LogP contribution is -2.38. The Balaban J connectivity index is 1.94. The monoisotopic (exact) mass is 430 g/mol. The average molecular weight is 430 g/mol. The van der Waals surface area contributed by atoms with Crippen LogP contribution in [0.5, 0.6) is 0 Å². The summed E-state index contributed by atoms with van der Waals surface area (Å²) in [5.74, 6) is -2.50. The van der Waals surface area contributed by atoms with Crippen LogP contribution < -0.4 is 9.62 Å². The number of amides is 1. The number of sulfonamides is 1. The third-order valence-corrected chi connectivity index (χ3v) is 6.21. The van der Waals surface area contributed by atoms with E-state index >= 15 is 0 Å². The van der Waals surface area contributed by atoms with Gasteiger partial charge in [-0.05, 0) is 50.2 Å². The number of halogens is 2. The lowest BCUT2D eigenvalue weighted by molar-refractivity contribution is -0.114. The van der Waals surface area contributed by atoms with Crippen molar-refractivity contribution in [2.45, 2.75) is 18.7 Å². The number of anilines is 2. The third kappa shape index (κ3) is 4.83. The molecule has 0 unspecified atom stereocenters. The van der Waals surface area contributed by atoms with Crippen molar-refractivity contribution in [1.82, 2.24) is 0 Å². The summed E-state index contributed by atoms with van der Waals surface area (Å²) >= 11 is 0. The minimum atomic E-state index is -4.07. The summed E-state index contributed by atoms with van der Waals surface area (Å²) in [5.41, 5.74) is 1.86. The van der Waals surface area contributed by atoms with Gasteiger partial charge in [0.05, 0.1) is 16.3 Å². The minimum Gasteiger partial charge on any atom is -0.322 e. The van der Waals surface area contributed by atoms with E-state index in [0.29, 0.717) is 6.07 Å². The predicted molar refractivity (Wildman–Crippen MR) is 112 cm³/mol. The van der Waals surface area contributed by atoms with Crippen molar-refractivity contribution in [2.75, 3.05) is 16.2 Å². The molecule has 0 aliphatic rings. The highest BCUT2D eigenvalue weighted by atomic mass is 32.2. The molecule has 156 valence electrons. The molecule has 3 rings (SSSR count). The Morgan fingerprint density at radius 2 is 1.47 bits per heavy atom. The molecular weight excluding hydrogens is 410 g/mol. The molecule has 8 heteroatoms. The highest BCUT2D eigenvalue weighted by molar-refractivity contribution is 7.92. The van der Waals surface area contributed by atoms with Crippen molar-refractivity contribution in [2.24, 2.45) is 0 Å². The summed E-state index contributed by atoms with van der Waals surface area (Å²) in [6.07, 6.45) is 0. The van der Waals surface area contributed by atoms with E-state index in [1.807, 2.05) is 13.8 Å². The zero-order valence-corrected chi connectivity index (χ0v) is 17.2. The molecule has 0 radical (unpaired) electrons. The summed E-state index contributed by atoms with van der Waals surface area (Å²) < 4.78 is 54.4. The minimum absolute atomic E-state index is 0.0226. The Labute approximate surface area is 174 Å². The van der Waals surface area contributed by atoms with Crippen molar-refractivity contribution in [3.8, 4) is 0 Å². The van der Waals surface area contributed by atoms with E-state index in [0.717, 1.165) is 27.6 Å². The van der Waals surface area contributed by atoms with Gasteiger partial charge in [-0.25, -0.2) is 17.2 Å². The van der Waals surface area contributed by atoms with Gasteiger partial charge in [0.2, 0.25) is 5.91 Å². The fourth-order valence-corrected chi connectivity index (χ4v) is 4.20. The largest absolute Gasteiger partial charge is 0.322 e. The molecule has 0 aliphatic heterocycles. The van der Waals surface area contributed by atoms with Gasteiger partial charge in [-0.1, -0.05) is 35.4 Å². The van der Waals surface area contributed by atoms with Crippen molar-refractivity contribution >= 4 is 27.3 Å². The van der Waals surface area contributed by atoms with Crippen molar-refractivity contribution in [1.29, 1.82) is 0 Å². The molecule has 1 N–H and O–H groups in total. The highest BCUT2D eigenvalue weighted by Crippen LogP contribution is 2.25. The molecule has 0 bridgehead atoms. The third-order valence-electron chi connectivity index (χ3n) is 4.42. The van der Waals surface area contributed by atoms with Crippen LogP contribution in [0.1, 0.15) is 11.1 Å². The fraction of sp³-hybridized carbons (Fsp3) is 0.136. The van der Waals surface area contributed by atoms with E-state index in [4.69, 9.17) is 0 Å². The van der Waals surface area contributed by atoms with Crippen LogP contribution in [0.4, 0.5) is 20.2 Å². The Kier molecular flexibility index (Phi) is 6.17. The number of hydrogen-bond acceptors (Lipinski definition) is 3. The Hall–Kier alpha value is -3.26. The van der Waals surface area contributed by atoms with Crippen LogP contribution in [-0.2, 0) is 14.8 Å². The predicted octanol–water partition coefficient (Wildman–Crippen LogP) is 4.42. The molecular formula is C22H20F2N2O3S. The Bertz CT molecular complexity index is 1160. The molecule has 5 nitrogen and oxygen atoms in total. The van der Waals surface area contributed by atoms with Gasteiger partial charge in [-0.2, -0.15) is 0 Å². The Morgan fingerprint density at radius 3 is 2.03 bits per heavy atom. The molecule has 0 spiro atoms. The number of nitrogens with zero attached hydrogens (tertiary/aromatic N) is 1. The van der Waals surface area contributed by atoms with Crippen molar-refractivity contribution in [3.05, 3.63) is 89.5 Å². The second kappa shape index (κ2) is 8.62.